The maximum Gasteiger partial charge on any atom is 0.245 e. The Labute approximate surface area is 125 Å². The van der Waals surface area contributed by atoms with Crippen molar-refractivity contribution in [1.29, 1.82) is 0 Å². The van der Waals surface area contributed by atoms with Crippen molar-refractivity contribution < 1.29 is 13.2 Å². The average Bonchev–Trinajstić information content (AvgIpc) is 2.91. The quantitative estimate of drug-likeness (QED) is 0.807. The Bertz CT molecular complexity index is 670. The maximum atomic E-state index is 12.8. The molecule has 0 spiro atoms. The molecule has 1 saturated heterocycles. The van der Waals surface area contributed by atoms with Crippen LogP contribution in [0.5, 0.6) is 0 Å². The molecule has 1 aliphatic heterocycles. The first-order chi connectivity index (χ1) is 9.78. The predicted molar refractivity (Wildman–Crippen MR) is 81.3 cm³/mol. The third kappa shape index (κ3) is 2.75. The van der Waals surface area contributed by atoms with E-state index in [-0.39, 0.29) is 16.5 Å². The van der Waals surface area contributed by atoms with Crippen molar-refractivity contribution in [3.05, 3.63) is 23.3 Å². The fraction of sp³-hybridized carbons (Fsp3) is 0.500. The number of nitrogens with zero attached hydrogens (tertiary/aromatic N) is 1. The average molecular weight is 311 g/mol. The van der Waals surface area contributed by atoms with Crippen LogP contribution in [0.15, 0.2) is 17.0 Å². The monoisotopic (exact) mass is 311 g/mol. The van der Waals surface area contributed by atoms with Crippen molar-refractivity contribution in [3.63, 3.8) is 0 Å². The molecule has 0 aliphatic carbocycles. The molecular formula is C14H21N3O3S. The number of nitrogens with one attached hydrogen (secondary N) is 1. The van der Waals surface area contributed by atoms with Gasteiger partial charge in [-0.3, -0.25) is 4.79 Å². The molecule has 6 nitrogen and oxygen atoms in total. The lowest BCUT2D eigenvalue weighted by Crippen LogP contribution is -2.44. The molecule has 1 atom stereocenters. The number of anilines is 1. The number of benzene rings is 1. The summed E-state index contributed by atoms with van der Waals surface area (Å²) in [5, 5.41) is 2.52. The summed E-state index contributed by atoms with van der Waals surface area (Å²) in [4.78, 5) is 11.9. The summed E-state index contributed by atoms with van der Waals surface area (Å²) in [5.41, 5.74) is 7.91. The van der Waals surface area contributed by atoms with Crippen LogP contribution in [0.1, 0.15) is 24.0 Å². The SMILES string of the molecule is CNC(=O)C1CCCN1S(=O)(=O)c1cc(C)c(C)cc1N. The zero-order valence-corrected chi connectivity index (χ0v) is 13.3. The van der Waals surface area contributed by atoms with Crippen LogP contribution in [0, 0.1) is 13.8 Å². The van der Waals surface area contributed by atoms with E-state index < -0.39 is 16.1 Å². The van der Waals surface area contributed by atoms with Crippen molar-refractivity contribution in [1.82, 2.24) is 9.62 Å². The molecule has 116 valence electrons. The van der Waals surface area contributed by atoms with E-state index in [1.807, 2.05) is 13.8 Å². The van der Waals surface area contributed by atoms with Gasteiger partial charge in [0.1, 0.15) is 10.9 Å². The maximum absolute atomic E-state index is 12.8. The summed E-state index contributed by atoms with van der Waals surface area (Å²) in [5.74, 6) is -0.279. The summed E-state index contributed by atoms with van der Waals surface area (Å²) in [6.07, 6.45) is 1.20. The van der Waals surface area contributed by atoms with Crippen LogP contribution in [-0.2, 0) is 14.8 Å². The molecule has 1 fully saturated rings. The van der Waals surface area contributed by atoms with Crippen LogP contribution >= 0.6 is 0 Å². The normalized spacial score (nSPS) is 19.7. The summed E-state index contributed by atoms with van der Waals surface area (Å²) < 4.78 is 26.9. The van der Waals surface area contributed by atoms with Gasteiger partial charge in [0.05, 0.1) is 5.69 Å². The minimum Gasteiger partial charge on any atom is -0.398 e. The first-order valence-corrected chi connectivity index (χ1v) is 8.33. The van der Waals surface area contributed by atoms with Crippen molar-refractivity contribution in [2.24, 2.45) is 0 Å². The molecule has 0 bridgehead atoms. The number of carbonyl (C=O) groups is 1. The van der Waals surface area contributed by atoms with Gasteiger partial charge in [-0.15, -0.1) is 0 Å². The number of hydrogen-bond donors (Lipinski definition) is 2. The van der Waals surface area contributed by atoms with Crippen molar-refractivity contribution >= 4 is 21.6 Å². The predicted octanol–water partition coefficient (Wildman–Crippen LogP) is 0.785. The Morgan fingerprint density at radius 2 is 1.95 bits per heavy atom. The minimum atomic E-state index is -3.77. The highest BCUT2D eigenvalue weighted by atomic mass is 32.2. The van der Waals surface area contributed by atoms with E-state index in [1.165, 1.54) is 11.4 Å². The molecule has 1 aromatic carbocycles. The van der Waals surface area contributed by atoms with Crippen LogP contribution in [0.2, 0.25) is 0 Å². The standard InChI is InChI=1S/C14H21N3O3S/c1-9-7-11(15)13(8-10(9)2)21(19,20)17-6-4-5-12(17)14(18)16-3/h7-8,12H,4-6,15H2,1-3H3,(H,16,18). The smallest absolute Gasteiger partial charge is 0.245 e. The van der Waals surface area contributed by atoms with E-state index in [2.05, 4.69) is 5.32 Å². The molecule has 0 aromatic heterocycles. The molecule has 2 rings (SSSR count). The van der Waals surface area contributed by atoms with Gasteiger partial charge >= 0.3 is 0 Å². The second-order valence-electron chi connectivity index (χ2n) is 5.36. The van der Waals surface area contributed by atoms with Crippen LogP contribution in [0.3, 0.4) is 0 Å². The molecule has 21 heavy (non-hydrogen) atoms. The minimum absolute atomic E-state index is 0.0846. The Morgan fingerprint density at radius 1 is 1.33 bits per heavy atom. The molecule has 0 saturated carbocycles. The number of sulfonamides is 1. The van der Waals surface area contributed by atoms with Gasteiger partial charge in [0.2, 0.25) is 15.9 Å². The van der Waals surface area contributed by atoms with Crippen LogP contribution in [0.4, 0.5) is 5.69 Å². The number of nitrogens with two attached hydrogens (primary N) is 1. The Kier molecular flexibility index (Phi) is 4.25. The lowest BCUT2D eigenvalue weighted by atomic mass is 10.1. The van der Waals surface area contributed by atoms with E-state index >= 15 is 0 Å². The summed E-state index contributed by atoms with van der Waals surface area (Å²) >= 11 is 0. The number of amides is 1. The van der Waals surface area contributed by atoms with Gasteiger partial charge in [-0.25, -0.2) is 8.42 Å². The van der Waals surface area contributed by atoms with Crippen LogP contribution < -0.4 is 11.1 Å². The van der Waals surface area contributed by atoms with Crippen molar-refractivity contribution in [2.45, 2.75) is 37.6 Å². The zero-order chi connectivity index (χ0) is 15.8. The molecule has 1 heterocycles. The largest absolute Gasteiger partial charge is 0.398 e. The Hall–Kier alpha value is -1.60. The van der Waals surface area contributed by atoms with Gasteiger partial charge in [-0.1, -0.05) is 0 Å². The first-order valence-electron chi connectivity index (χ1n) is 6.89. The lowest BCUT2D eigenvalue weighted by molar-refractivity contribution is -0.123. The Morgan fingerprint density at radius 3 is 2.57 bits per heavy atom. The van der Waals surface area contributed by atoms with E-state index in [4.69, 9.17) is 5.73 Å². The highest BCUT2D eigenvalue weighted by Gasteiger charge is 2.39. The van der Waals surface area contributed by atoms with Gasteiger partial charge in [0, 0.05) is 13.6 Å². The topological polar surface area (TPSA) is 92.5 Å². The molecule has 1 aromatic rings. The molecule has 7 heteroatoms. The van der Waals surface area contributed by atoms with Crippen LogP contribution in [-0.4, -0.2) is 38.3 Å². The van der Waals surface area contributed by atoms with Crippen molar-refractivity contribution in [2.75, 3.05) is 19.3 Å². The number of nitrogen functional groups attached to an aromatic ring is 1. The molecule has 3 N–H and O–H groups in total. The third-order valence-corrected chi connectivity index (χ3v) is 5.93. The van der Waals surface area contributed by atoms with E-state index in [1.54, 1.807) is 12.1 Å². The lowest BCUT2D eigenvalue weighted by Gasteiger charge is -2.24. The number of hydrogen-bond acceptors (Lipinski definition) is 4. The molecule has 0 radical (unpaired) electrons. The van der Waals surface area contributed by atoms with Gasteiger partial charge in [0.25, 0.3) is 0 Å². The van der Waals surface area contributed by atoms with E-state index in [0.29, 0.717) is 19.4 Å². The highest BCUT2D eigenvalue weighted by Crippen LogP contribution is 2.30. The molecule has 1 amide bonds. The number of rotatable bonds is 3. The van der Waals surface area contributed by atoms with Gasteiger partial charge < -0.3 is 11.1 Å². The second-order valence-corrected chi connectivity index (χ2v) is 7.22. The van der Waals surface area contributed by atoms with E-state index in [9.17, 15) is 13.2 Å². The number of carbonyl (C=O) groups excluding carboxylic acids is 1. The number of aryl methyl sites for hydroxylation is 2. The molecule has 1 aliphatic rings. The second kappa shape index (κ2) is 5.65. The van der Waals surface area contributed by atoms with Crippen molar-refractivity contribution in [3.8, 4) is 0 Å². The molecule has 1 unspecified atom stereocenters. The number of likely N-dealkylation sites (N-methyl/N-ethyl adjacent to an activating group) is 1. The first kappa shape index (κ1) is 15.8. The highest BCUT2D eigenvalue weighted by molar-refractivity contribution is 7.89. The van der Waals surface area contributed by atoms with Gasteiger partial charge in [-0.2, -0.15) is 4.31 Å². The molecular weight excluding hydrogens is 290 g/mol. The fourth-order valence-electron chi connectivity index (χ4n) is 2.62. The van der Waals surface area contributed by atoms with Gasteiger partial charge in [0.15, 0.2) is 0 Å². The summed E-state index contributed by atoms with van der Waals surface area (Å²) in [6.45, 7) is 4.06. The van der Waals surface area contributed by atoms with E-state index in [0.717, 1.165) is 11.1 Å². The zero-order valence-electron chi connectivity index (χ0n) is 12.5. The Balaban J connectivity index is 2.47. The summed E-state index contributed by atoms with van der Waals surface area (Å²) in [6, 6.07) is 2.59. The van der Waals surface area contributed by atoms with Crippen LogP contribution in [0.25, 0.3) is 0 Å². The van der Waals surface area contributed by atoms with Gasteiger partial charge in [-0.05, 0) is 49.9 Å². The summed E-state index contributed by atoms with van der Waals surface area (Å²) in [7, 11) is -2.26. The fourth-order valence-corrected chi connectivity index (χ4v) is 4.46. The third-order valence-electron chi connectivity index (χ3n) is 3.97.